The Bertz CT molecular complexity index is 493. The Morgan fingerprint density at radius 3 is 2.55 bits per heavy atom. The maximum atomic E-state index is 6.44. The molecule has 1 aromatic carbocycles. The summed E-state index contributed by atoms with van der Waals surface area (Å²) >= 11 is 6.44. The Labute approximate surface area is 125 Å². The molecule has 3 rings (SSSR count). The molecule has 0 amide bonds. The topological polar surface area (TPSA) is 44.5 Å². The summed E-state index contributed by atoms with van der Waals surface area (Å²) in [7, 11) is 1.67. The average Bonchev–Trinajstić information content (AvgIpc) is 3.10. The third-order valence-corrected chi connectivity index (χ3v) is 4.95. The van der Waals surface area contributed by atoms with Crippen molar-refractivity contribution in [1.29, 1.82) is 0 Å². The van der Waals surface area contributed by atoms with Crippen LogP contribution in [0.25, 0.3) is 0 Å². The van der Waals surface area contributed by atoms with Gasteiger partial charge in [0, 0.05) is 12.0 Å². The molecule has 0 saturated heterocycles. The zero-order valence-corrected chi connectivity index (χ0v) is 12.7. The number of halogens is 1. The zero-order valence-electron chi connectivity index (χ0n) is 12.0. The molecule has 0 radical (unpaired) electrons. The van der Waals surface area contributed by atoms with Gasteiger partial charge in [-0.3, -0.25) is 0 Å². The molecule has 0 spiro atoms. The van der Waals surface area contributed by atoms with Crippen LogP contribution in [-0.4, -0.2) is 19.8 Å². The second kappa shape index (κ2) is 5.45. The lowest BCUT2D eigenvalue weighted by atomic mass is 9.96. The Morgan fingerprint density at radius 1 is 1.30 bits per heavy atom. The molecule has 0 heterocycles. The van der Waals surface area contributed by atoms with Crippen LogP contribution in [0.3, 0.4) is 0 Å². The van der Waals surface area contributed by atoms with Crippen LogP contribution in [0.1, 0.15) is 44.1 Å². The Morgan fingerprint density at radius 2 is 2.00 bits per heavy atom. The molecule has 110 valence electrons. The number of rotatable bonds is 5. The van der Waals surface area contributed by atoms with E-state index in [4.69, 9.17) is 26.8 Å². The number of hydrogen-bond donors (Lipinski definition) is 1. The van der Waals surface area contributed by atoms with Gasteiger partial charge in [0.25, 0.3) is 0 Å². The number of methoxy groups -OCH3 is 1. The molecule has 0 aliphatic heterocycles. The summed E-state index contributed by atoms with van der Waals surface area (Å²) in [5, 5.41) is 0.644. The predicted octanol–water partition coefficient (Wildman–Crippen LogP) is 3.66. The van der Waals surface area contributed by atoms with Crippen LogP contribution < -0.4 is 15.2 Å². The number of ether oxygens (including phenoxy) is 2. The first-order valence-corrected chi connectivity index (χ1v) is 7.81. The van der Waals surface area contributed by atoms with E-state index in [0.717, 1.165) is 31.4 Å². The lowest BCUT2D eigenvalue weighted by molar-refractivity contribution is 0.201. The van der Waals surface area contributed by atoms with Gasteiger partial charge >= 0.3 is 0 Å². The molecule has 2 aliphatic carbocycles. The van der Waals surface area contributed by atoms with Crippen molar-refractivity contribution in [3.8, 4) is 11.5 Å². The van der Waals surface area contributed by atoms with Crippen molar-refractivity contribution in [1.82, 2.24) is 0 Å². The largest absolute Gasteiger partial charge is 0.493 e. The molecule has 2 saturated carbocycles. The summed E-state index contributed by atoms with van der Waals surface area (Å²) in [6.07, 6.45) is 7.22. The fourth-order valence-corrected chi connectivity index (χ4v) is 3.33. The van der Waals surface area contributed by atoms with Gasteiger partial charge in [0.1, 0.15) is 0 Å². The highest BCUT2D eigenvalue weighted by Gasteiger charge is 2.43. The van der Waals surface area contributed by atoms with Gasteiger partial charge in [-0.1, -0.05) is 11.6 Å². The summed E-state index contributed by atoms with van der Waals surface area (Å²) in [5.74, 6) is 1.43. The van der Waals surface area contributed by atoms with Crippen LogP contribution in [0.5, 0.6) is 11.5 Å². The van der Waals surface area contributed by atoms with Gasteiger partial charge in [-0.2, -0.15) is 0 Å². The van der Waals surface area contributed by atoms with Crippen molar-refractivity contribution < 1.29 is 9.47 Å². The lowest BCUT2D eigenvalue weighted by Crippen LogP contribution is -2.20. The normalized spacial score (nSPS) is 20.9. The quantitative estimate of drug-likeness (QED) is 0.901. The first-order valence-electron chi connectivity index (χ1n) is 7.43. The molecule has 2 fully saturated rings. The average molecular weight is 296 g/mol. The predicted molar refractivity (Wildman–Crippen MR) is 80.9 cm³/mol. The smallest absolute Gasteiger partial charge is 0.180 e. The van der Waals surface area contributed by atoms with Crippen LogP contribution in [-0.2, 0) is 5.41 Å². The molecule has 4 heteroatoms. The SMILES string of the molecule is COc1cc(C2(CN)CC2)cc(Cl)c1OC1CCCC1. The zero-order chi connectivity index (χ0) is 14.2. The fourth-order valence-electron chi connectivity index (χ4n) is 3.07. The number of nitrogens with two attached hydrogens (primary N) is 1. The summed E-state index contributed by atoms with van der Waals surface area (Å²) in [6, 6.07) is 4.06. The van der Waals surface area contributed by atoms with Gasteiger partial charge in [0.05, 0.1) is 18.2 Å². The summed E-state index contributed by atoms with van der Waals surface area (Å²) < 4.78 is 11.6. The summed E-state index contributed by atoms with van der Waals surface area (Å²) in [5.41, 5.74) is 7.19. The van der Waals surface area contributed by atoms with E-state index in [9.17, 15) is 0 Å². The van der Waals surface area contributed by atoms with Crippen LogP contribution in [0.15, 0.2) is 12.1 Å². The van der Waals surface area contributed by atoms with Crippen LogP contribution >= 0.6 is 11.6 Å². The number of benzene rings is 1. The highest BCUT2D eigenvalue weighted by atomic mass is 35.5. The minimum atomic E-state index is 0.114. The molecule has 0 atom stereocenters. The third-order valence-electron chi connectivity index (χ3n) is 4.67. The molecule has 2 N–H and O–H groups in total. The van der Waals surface area contributed by atoms with Crippen molar-refractivity contribution in [2.24, 2.45) is 5.73 Å². The van der Waals surface area contributed by atoms with Gasteiger partial charge in [-0.15, -0.1) is 0 Å². The van der Waals surface area contributed by atoms with Gasteiger partial charge in [0.15, 0.2) is 11.5 Å². The Balaban J connectivity index is 1.89. The van der Waals surface area contributed by atoms with E-state index in [1.54, 1.807) is 7.11 Å². The maximum Gasteiger partial charge on any atom is 0.180 e. The van der Waals surface area contributed by atoms with E-state index in [0.29, 0.717) is 17.3 Å². The van der Waals surface area contributed by atoms with Gasteiger partial charge in [-0.25, -0.2) is 0 Å². The molecule has 2 aliphatic rings. The van der Waals surface area contributed by atoms with E-state index < -0.39 is 0 Å². The third kappa shape index (κ3) is 2.49. The van der Waals surface area contributed by atoms with Crippen LogP contribution in [0.4, 0.5) is 0 Å². The van der Waals surface area contributed by atoms with Crippen molar-refractivity contribution in [2.75, 3.05) is 13.7 Å². The van der Waals surface area contributed by atoms with E-state index in [-0.39, 0.29) is 11.5 Å². The molecule has 3 nitrogen and oxygen atoms in total. The second-order valence-corrected chi connectivity index (χ2v) is 6.41. The van der Waals surface area contributed by atoms with E-state index in [1.165, 1.54) is 18.4 Å². The Kier molecular flexibility index (Phi) is 3.83. The molecular weight excluding hydrogens is 274 g/mol. The van der Waals surface area contributed by atoms with Crippen molar-refractivity contribution in [2.45, 2.75) is 50.0 Å². The molecule has 0 bridgehead atoms. The molecule has 0 unspecified atom stereocenters. The van der Waals surface area contributed by atoms with E-state index in [1.807, 2.05) is 6.07 Å². The maximum absolute atomic E-state index is 6.44. The summed E-state index contributed by atoms with van der Waals surface area (Å²) in [6.45, 7) is 0.662. The van der Waals surface area contributed by atoms with Crippen molar-refractivity contribution in [3.05, 3.63) is 22.7 Å². The van der Waals surface area contributed by atoms with Crippen LogP contribution in [0, 0.1) is 0 Å². The Hall–Kier alpha value is -0.930. The van der Waals surface area contributed by atoms with E-state index >= 15 is 0 Å². The highest BCUT2D eigenvalue weighted by molar-refractivity contribution is 6.32. The molecule has 1 aromatic rings. The van der Waals surface area contributed by atoms with Gasteiger partial charge in [-0.05, 0) is 56.2 Å². The monoisotopic (exact) mass is 295 g/mol. The molecule has 0 aromatic heterocycles. The minimum absolute atomic E-state index is 0.114. The molecular formula is C16H22ClNO2. The lowest BCUT2D eigenvalue weighted by Gasteiger charge is -2.20. The van der Waals surface area contributed by atoms with Crippen molar-refractivity contribution in [3.63, 3.8) is 0 Å². The fraction of sp³-hybridized carbons (Fsp3) is 0.625. The minimum Gasteiger partial charge on any atom is -0.493 e. The van der Waals surface area contributed by atoms with Crippen LogP contribution in [0.2, 0.25) is 5.02 Å². The number of hydrogen-bond acceptors (Lipinski definition) is 3. The van der Waals surface area contributed by atoms with Gasteiger partial charge < -0.3 is 15.2 Å². The highest BCUT2D eigenvalue weighted by Crippen LogP contribution is 2.51. The standard InChI is InChI=1S/C16H22ClNO2/c1-19-14-9-11(16(10-18)6-7-16)8-13(17)15(14)20-12-4-2-3-5-12/h8-9,12H,2-7,10,18H2,1H3. The molecule has 20 heavy (non-hydrogen) atoms. The first kappa shape index (κ1) is 14.0. The summed E-state index contributed by atoms with van der Waals surface area (Å²) in [4.78, 5) is 0. The van der Waals surface area contributed by atoms with Crippen molar-refractivity contribution >= 4 is 11.6 Å². The second-order valence-electron chi connectivity index (χ2n) is 6.00. The first-order chi connectivity index (χ1) is 9.68. The van der Waals surface area contributed by atoms with Gasteiger partial charge in [0.2, 0.25) is 0 Å². The van der Waals surface area contributed by atoms with E-state index in [2.05, 4.69) is 6.07 Å².